The molecular weight excluding hydrogens is 351 g/mol. The van der Waals surface area contributed by atoms with Gasteiger partial charge in [0.05, 0.1) is 5.56 Å². The van der Waals surface area contributed by atoms with Gasteiger partial charge in [0, 0.05) is 11.4 Å². The number of halogens is 1. The van der Waals surface area contributed by atoms with Crippen molar-refractivity contribution in [2.75, 3.05) is 10.2 Å². The van der Waals surface area contributed by atoms with Gasteiger partial charge < -0.3 is 5.32 Å². The first-order chi connectivity index (χ1) is 13.5. The molecule has 142 valence electrons. The first kappa shape index (κ1) is 18.2. The van der Waals surface area contributed by atoms with E-state index in [-0.39, 0.29) is 17.9 Å². The lowest BCUT2D eigenvalue weighted by Crippen LogP contribution is -2.43. The molecule has 3 aromatic carbocycles. The van der Waals surface area contributed by atoms with Gasteiger partial charge in [-0.25, -0.2) is 4.39 Å². The van der Waals surface area contributed by atoms with Crippen LogP contribution in [0.15, 0.2) is 72.8 Å². The molecule has 1 amide bonds. The topological polar surface area (TPSA) is 32.3 Å². The van der Waals surface area contributed by atoms with Gasteiger partial charge in [-0.15, -0.1) is 0 Å². The van der Waals surface area contributed by atoms with Gasteiger partial charge in [-0.2, -0.15) is 0 Å². The summed E-state index contributed by atoms with van der Waals surface area (Å²) in [5.74, 6) is 0.163. The maximum Gasteiger partial charge on any atom is 0.262 e. The van der Waals surface area contributed by atoms with Crippen LogP contribution in [0.3, 0.4) is 0 Å². The molecule has 28 heavy (non-hydrogen) atoms. The van der Waals surface area contributed by atoms with Crippen LogP contribution in [0.4, 0.5) is 15.8 Å². The number of carbonyl (C=O) groups excluding carboxylic acids is 1. The Morgan fingerprint density at radius 3 is 2.32 bits per heavy atom. The molecule has 0 fully saturated rings. The van der Waals surface area contributed by atoms with E-state index in [9.17, 15) is 9.18 Å². The molecule has 1 aliphatic heterocycles. The summed E-state index contributed by atoms with van der Waals surface area (Å²) in [4.78, 5) is 15.0. The van der Waals surface area contributed by atoms with Crippen LogP contribution in [-0.2, 0) is 6.42 Å². The second-order valence-corrected chi connectivity index (χ2v) is 7.58. The average Bonchev–Trinajstić information content (AvgIpc) is 2.69. The standard InChI is InChI=1S/C24H23FN2O/c1-16(2)15-17-7-9-18(10-8-17)23-26-22-6-4-3-5-21(22)24(28)27(23)20-13-11-19(25)12-14-20/h3-14,16,23,26H,15H2,1-2H3. The Balaban J connectivity index is 1.76. The Morgan fingerprint density at radius 2 is 1.64 bits per heavy atom. The Labute approximate surface area is 164 Å². The number of hydrogen-bond acceptors (Lipinski definition) is 2. The lowest BCUT2D eigenvalue weighted by atomic mass is 9.98. The third kappa shape index (κ3) is 3.50. The van der Waals surface area contributed by atoms with Gasteiger partial charge in [0.1, 0.15) is 12.0 Å². The highest BCUT2D eigenvalue weighted by atomic mass is 19.1. The second kappa shape index (κ2) is 7.47. The Hall–Kier alpha value is -3.14. The Morgan fingerprint density at radius 1 is 0.964 bits per heavy atom. The van der Waals surface area contributed by atoms with E-state index in [0.29, 0.717) is 17.2 Å². The summed E-state index contributed by atoms with van der Waals surface area (Å²) in [6.45, 7) is 4.39. The summed E-state index contributed by atoms with van der Waals surface area (Å²) in [6.07, 6.45) is 0.655. The molecule has 0 saturated heterocycles. The van der Waals surface area contributed by atoms with Gasteiger partial charge in [-0.3, -0.25) is 9.69 Å². The van der Waals surface area contributed by atoms with Crippen LogP contribution in [0.1, 0.15) is 41.5 Å². The molecule has 4 rings (SSSR count). The molecule has 3 aromatic rings. The first-order valence-corrected chi connectivity index (χ1v) is 9.56. The van der Waals surface area contributed by atoms with E-state index in [4.69, 9.17) is 0 Å². The summed E-state index contributed by atoms with van der Waals surface area (Å²) in [5, 5.41) is 3.48. The van der Waals surface area contributed by atoms with Crippen LogP contribution in [0.5, 0.6) is 0 Å². The van der Waals surface area contributed by atoms with Crippen molar-refractivity contribution in [2.45, 2.75) is 26.4 Å². The lowest BCUT2D eigenvalue weighted by molar-refractivity contribution is 0.0975. The monoisotopic (exact) mass is 374 g/mol. The number of hydrogen-bond donors (Lipinski definition) is 1. The number of benzene rings is 3. The maximum atomic E-state index is 13.4. The molecule has 1 atom stereocenters. The third-order valence-electron chi connectivity index (χ3n) is 4.97. The normalized spacial score (nSPS) is 16.1. The number of nitrogens with zero attached hydrogens (tertiary/aromatic N) is 1. The quantitative estimate of drug-likeness (QED) is 0.626. The molecule has 4 heteroatoms. The lowest BCUT2D eigenvalue weighted by Gasteiger charge is -2.38. The minimum atomic E-state index is -0.360. The van der Waals surface area contributed by atoms with Crippen LogP contribution in [0, 0.1) is 11.7 Å². The minimum Gasteiger partial charge on any atom is -0.360 e. The van der Waals surface area contributed by atoms with Gasteiger partial charge in [0.2, 0.25) is 0 Å². The summed E-state index contributed by atoms with van der Waals surface area (Å²) < 4.78 is 13.4. The van der Waals surface area contributed by atoms with Crippen molar-refractivity contribution >= 4 is 17.3 Å². The summed E-state index contributed by atoms with van der Waals surface area (Å²) in [5.41, 5.74) is 4.33. The zero-order valence-electron chi connectivity index (χ0n) is 16.0. The molecular formula is C24H23FN2O. The number of rotatable bonds is 4. The predicted molar refractivity (Wildman–Crippen MR) is 111 cm³/mol. The van der Waals surface area contributed by atoms with Crippen LogP contribution in [-0.4, -0.2) is 5.91 Å². The smallest absolute Gasteiger partial charge is 0.262 e. The van der Waals surface area contributed by atoms with Crippen molar-refractivity contribution in [3.05, 3.63) is 95.3 Å². The molecule has 1 N–H and O–H groups in total. The van der Waals surface area contributed by atoms with Crippen molar-refractivity contribution in [2.24, 2.45) is 5.92 Å². The van der Waals surface area contributed by atoms with Crippen molar-refractivity contribution < 1.29 is 9.18 Å². The van der Waals surface area contributed by atoms with Crippen molar-refractivity contribution in [1.29, 1.82) is 0 Å². The highest BCUT2D eigenvalue weighted by Crippen LogP contribution is 2.36. The van der Waals surface area contributed by atoms with Gasteiger partial charge in [0.15, 0.2) is 0 Å². The van der Waals surface area contributed by atoms with E-state index < -0.39 is 0 Å². The average molecular weight is 374 g/mol. The highest BCUT2D eigenvalue weighted by molar-refractivity contribution is 6.12. The van der Waals surface area contributed by atoms with Crippen molar-refractivity contribution in [3.63, 3.8) is 0 Å². The number of amides is 1. The molecule has 0 spiro atoms. The van der Waals surface area contributed by atoms with E-state index in [1.165, 1.54) is 17.7 Å². The fourth-order valence-corrected chi connectivity index (χ4v) is 3.66. The van der Waals surface area contributed by atoms with Gasteiger partial charge in [-0.1, -0.05) is 50.2 Å². The van der Waals surface area contributed by atoms with E-state index in [0.717, 1.165) is 17.7 Å². The van der Waals surface area contributed by atoms with E-state index >= 15 is 0 Å². The van der Waals surface area contributed by atoms with Crippen molar-refractivity contribution in [1.82, 2.24) is 0 Å². The number of anilines is 2. The van der Waals surface area contributed by atoms with Crippen LogP contribution in [0.2, 0.25) is 0 Å². The predicted octanol–water partition coefficient (Wildman–Crippen LogP) is 5.80. The molecule has 0 aliphatic carbocycles. The fraction of sp³-hybridized carbons (Fsp3) is 0.208. The SMILES string of the molecule is CC(C)Cc1ccc(C2Nc3ccccc3C(=O)N2c2ccc(F)cc2)cc1. The van der Waals surface area contributed by atoms with Crippen molar-refractivity contribution in [3.8, 4) is 0 Å². The largest absolute Gasteiger partial charge is 0.360 e. The zero-order valence-corrected chi connectivity index (χ0v) is 16.0. The number of nitrogens with one attached hydrogen (secondary N) is 1. The Bertz CT molecular complexity index is 980. The molecule has 1 unspecified atom stereocenters. The second-order valence-electron chi connectivity index (χ2n) is 7.58. The summed E-state index contributed by atoms with van der Waals surface area (Å²) in [6, 6.07) is 21.9. The third-order valence-corrected chi connectivity index (χ3v) is 4.97. The van der Waals surface area contributed by atoms with Gasteiger partial charge in [0.25, 0.3) is 5.91 Å². The summed E-state index contributed by atoms with van der Waals surface area (Å²) in [7, 11) is 0. The molecule has 3 nitrogen and oxygen atoms in total. The Kier molecular flexibility index (Phi) is 4.86. The van der Waals surface area contributed by atoms with Crippen LogP contribution >= 0.6 is 0 Å². The van der Waals surface area contributed by atoms with Gasteiger partial charge >= 0.3 is 0 Å². The fourth-order valence-electron chi connectivity index (χ4n) is 3.66. The van der Waals surface area contributed by atoms with E-state index in [2.05, 4.69) is 43.4 Å². The van der Waals surface area contributed by atoms with E-state index in [1.54, 1.807) is 17.0 Å². The minimum absolute atomic E-state index is 0.0998. The number of carbonyl (C=O) groups is 1. The maximum absolute atomic E-state index is 13.4. The molecule has 0 radical (unpaired) electrons. The van der Waals surface area contributed by atoms with Gasteiger partial charge in [-0.05, 0) is 59.9 Å². The molecule has 1 aliphatic rings. The molecule has 0 bridgehead atoms. The molecule has 1 heterocycles. The van der Waals surface area contributed by atoms with Crippen LogP contribution in [0.25, 0.3) is 0 Å². The molecule has 0 aromatic heterocycles. The number of para-hydroxylation sites is 1. The summed E-state index contributed by atoms with van der Waals surface area (Å²) >= 11 is 0. The molecule has 0 saturated carbocycles. The van der Waals surface area contributed by atoms with Crippen LogP contribution < -0.4 is 10.2 Å². The highest BCUT2D eigenvalue weighted by Gasteiger charge is 2.33. The first-order valence-electron chi connectivity index (χ1n) is 9.56. The zero-order chi connectivity index (χ0) is 19.7. The number of fused-ring (bicyclic) bond motifs is 1. The van der Waals surface area contributed by atoms with E-state index in [1.807, 2.05) is 24.3 Å².